The molecule has 0 bridgehead atoms. The van der Waals surface area contributed by atoms with Gasteiger partial charge in [-0.1, -0.05) is 5.92 Å². The second-order valence-corrected chi connectivity index (χ2v) is 2.55. The molecule has 0 aliphatic heterocycles. The van der Waals surface area contributed by atoms with Crippen molar-refractivity contribution >= 4 is 0 Å². The van der Waals surface area contributed by atoms with Crippen LogP contribution < -0.4 is 0 Å². The van der Waals surface area contributed by atoms with Crippen molar-refractivity contribution < 1.29 is 9.50 Å². The summed E-state index contributed by atoms with van der Waals surface area (Å²) in [6.45, 7) is 1.32. The van der Waals surface area contributed by atoms with E-state index in [1.165, 1.54) is 25.3 Å². The first-order valence-electron chi connectivity index (χ1n) is 3.39. The van der Waals surface area contributed by atoms with Crippen LogP contribution in [0.15, 0.2) is 18.3 Å². The van der Waals surface area contributed by atoms with Gasteiger partial charge in [-0.2, -0.15) is 0 Å². The van der Waals surface area contributed by atoms with Gasteiger partial charge in [0.15, 0.2) is 5.60 Å². The predicted octanol–water partition coefficient (Wildman–Crippen LogP) is 1.06. The quantitative estimate of drug-likeness (QED) is 0.631. The van der Waals surface area contributed by atoms with Crippen LogP contribution in [0.5, 0.6) is 0 Å². The van der Waals surface area contributed by atoms with Gasteiger partial charge in [0.1, 0.15) is 11.5 Å². The molecule has 0 saturated heterocycles. The standard InChI is InChI=1S/C9H8FNO/c1-3-9(2,12)8-7(10)5-4-6-11-8/h1,4-6,12H,2H3/t9-/m1/s1. The molecule has 1 rings (SSSR count). The van der Waals surface area contributed by atoms with Crippen LogP contribution in [-0.4, -0.2) is 10.1 Å². The molecule has 0 radical (unpaired) electrons. The highest BCUT2D eigenvalue weighted by atomic mass is 19.1. The van der Waals surface area contributed by atoms with Gasteiger partial charge in [0.25, 0.3) is 0 Å². The summed E-state index contributed by atoms with van der Waals surface area (Å²) in [5.74, 6) is 1.45. The van der Waals surface area contributed by atoms with E-state index in [1.54, 1.807) is 0 Å². The Kier molecular flexibility index (Phi) is 2.11. The number of nitrogens with zero attached hydrogens (tertiary/aromatic N) is 1. The summed E-state index contributed by atoms with van der Waals surface area (Å²) >= 11 is 0. The Balaban J connectivity index is 3.22. The molecule has 0 amide bonds. The van der Waals surface area contributed by atoms with Gasteiger partial charge in [-0.25, -0.2) is 4.39 Å². The molecule has 0 fully saturated rings. The average Bonchev–Trinajstić information content (AvgIpc) is 2.05. The molecule has 1 N–H and O–H groups in total. The third kappa shape index (κ3) is 1.44. The zero-order valence-electron chi connectivity index (χ0n) is 6.58. The Bertz CT molecular complexity index is 328. The lowest BCUT2D eigenvalue weighted by molar-refractivity contribution is 0.112. The number of rotatable bonds is 1. The first-order valence-corrected chi connectivity index (χ1v) is 3.39. The van der Waals surface area contributed by atoms with Crippen molar-refractivity contribution in [2.45, 2.75) is 12.5 Å². The molecule has 1 atom stereocenters. The fourth-order valence-electron chi connectivity index (χ4n) is 0.812. The first-order chi connectivity index (χ1) is 5.58. The molecule has 0 aliphatic carbocycles. The normalized spacial score (nSPS) is 14.8. The lowest BCUT2D eigenvalue weighted by Crippen LogP contribution is -2.21. The van der Waals surface area contributed by atoms with Gasteiger partial charge in [-0.15, -0.1) is 6.42 Å². The molecule has 62 valence electrons. The number of halogens is 1. The van der Waals surface area contributed by atoms with Crippen molar-refractivity contribution in [2.24, 2.45) is 0 Å². The summed E-state index contributed by atoms with van der Waals surface area (Å²) in [5.41, 5.74) is -1.75. The number of aromatic nitrogens is 1. The van der Waals surface area contributed by atoms with Crippen molar-refractivity contribution in [3.63, 3.8) is 0 Å². The van der Waals surface area contributed by atoms with Gasteiger partial charge in [-0.3, -0.25) is 4.98 Å². The van der Waals surface area contributed by atoms with E-state index in [4.69, 9.17) is 6.42 Å². The van der Waals surface area contributed by atoms with E-state index < -0.39 is 11.4 Å². The monoisotopic (exact) mass is 165 g/mol. The van der Waals surface area contributed by atoms with Crippen LogP contribution in [0.1, 0.15) is 12.6 Å². The molecule has 0 saturated carbocycles. The van der Waals surface area contributed by atoms with E-state index in [-0.39, 0.29) is 5.69 Å². The Hall–Kier alpha value is -1.40. The van der Waals surface area contributed by atoms with Crippen LogP contribution in [-0.2, 0) is 5.60 Å². The zero-order valence-corrected chi connectivity index (χ0v) is 6.58. The minimum Gasteiger partial charge on any atom is -0.372 e. The van der Waals surface area contributed by atoms with Gasteiger partial charge in [0, 0.05) is 6.20 Å². The highest BCUT2D eigenvalue weighted by Gasteiger charge is 2.24. The smallest absolute Gasteiger partial charge is 0.167 e. The molecule has 3 heteroatoms. The van der Waals surface area contributed by atoms with E-state index in [9.17, 15) is 9.50 Å². The predicted molar refractivity (Wildman–Crippen MR) is 42.6 cm³/mol. The molecular weight excluding hydrogens is 157 g/mol. The van der Waals surface area contributed by atoms with Crippen LogP contribution in [0.3, 0.4) is 0 Å². The highest BCUT2D eigenvalue weighted by Crippen LogP contribution is 2.19. The summed E-state index contributed by atoms with van der Waals surface area (Å²) in [4.78, 5) is 3.65. The Morgan fingerprint density at radius 1 is 1.75 bits per heavy atom. The van der Waals surface area contributed by atoms with Gasteiger partial charge in [0.05, 0.1) is 0 Å². The summed E-state index contributed by atoms with van der Waals surface area (Å²) < 4.78 is 13.0. The number of aliphatic hydroxyl groups is 1. The van der Waals surface area contributed by atoms with E-state index in [0.717, 1.165) is 0 Å². The molecular formula is C9H8FNO. The maximum absolute atomic E-state index is 13.0. The maximum atomic E-state index is 13.0. The molecule has 1 aromatic heterocycles. The maximum Gasteiger partial charge on any atom is 0.167 e. The molecule has 2 nitrogen and oxygen atoms in total. The summed E-state index contributed by atoms with van der Waals surface area (Å²) in [6, 6.07) is 2.64. The molecule has 0 aliphatic rings. The molecule has 0 unspecified atom stereocenters. The first kappa shape index (κ1) is 8.69. The lowest BCUT2D eigenvalue weighted by Gasteiger charge is -2.15. The minimum absolute atomic E-state index is 0.118. The lowest BCUT2D eigenvalue weighted by atomic mass is 10.0. The van der Waals surface area contributed by atoms with Gasteiger partial charge in [0.2, 0.25) is 0 Å². The van der Waals surface area contributed by atoms with Gasteiger partial charge < -0.3 is 5.11 Å². The SMILES string of the molecule is C#C[C@@](C)(O)c1ncccc1F. The topological polar surface area (TPSA) is 33.1 Å². The number of pyridine rings is 1. The highest BCUT2D eigenvalue weighted by molar-refractivity contribution is 5.23. The van der Waals surface area contributed by atoms with E-state index >= 15 is 0 Å². The molecule has 0 aromatic carbocycles. The van der Waals surface area contributed by atoms with E-state index in [1.807, 2.05) is 0 Å². The number of terminal acetylenes is 1. The molecule has 1 aromatic rings. The minimum atomic E-state index is -1.63. The fraction of sp³-hybridized carbons (Fsp3) is 0.222. The molecule has 1 heterocycles. The molecule has 12 heavy (non-hydrogen) atoms. The average molecular weight is 165 g/mol. The van der Waals surface area contributed by atoms with E-state index in [0.29, 0.717) is 0 Å². The van der Waals surface area contributed by atoms with E-state index in [2.05, 4.69) is 10.9 Å². The third-order valence-corrected chi connectivity index (χ3v) is 1.50. The zero-order chi connectivity index (χ0) is 9.19. The van der Waals surface area contributed by atoms with Crippen LogP contribution in [0.4, 0.5) is 4.39 Å². The van der Waals surface area contributed by atoms with Crippen LogP contribution >= 0.6 is 0 Å². The number of hydrogen-bond acceptors (Lipinski definition) is 2. The van der Waals surface area contributed by atoms with Gasteiger partial charge >= 0.3 is 0 Å². The third-order valence-electron chi connectivity index (χ3n) is 1.50. The summed E-state index contributed by atoms with van der Waals surface area (Å²) in [7, 11) is 0. The van der Waals surface area contributed by atoms with Crippen molar-refractivity contribution in [1.82, 2.24) is 4.98 Å². The van der Waals surface area contributed by atoms with Crippen molar-refractivity contribution in [3.05, 3.63) is 29.8 Å². The largest absolute Gasteiger partial charge is 0.372 e. The Morgan fingerprint density at radius 2 is 2.42 bits per heavy atom. The van der Waals surface area contributed by atoms with Crippen molar-refractivity contribution in [3.8, 4) is 12.3 Å². The second-order valence-electron chi connectivity index (χ2n) is 2.55. The van der Waals surface area contributed by atoms with Crippen molar-refractivity contribution in [1.29, 1.82) is 0 Å². The summed E-state index contributed by atoms with van der Waals surface area (Å²) in [5, 5.41) is 9.44. The van der Waals surface area contributed by atoms with Crippen LogP contribution in [0.25, 0.3) is 0 Å². The molecule has 0 spiro atoms. The Labute approximate surface area is 70.1 Å². The van der Waals surface area contributed by atoms with Crippen molar-refractivity contribution in [2.75, 3.05) is 0 Å². The second kappa shape index (κ2) is 2.92. The number of hydrogen-bond donors (Lipinski definition) is 1. The fourth-order valence-corrected chi connectivity index (χ4v) is 0.812. The van der Waals surface area contributed by atoms with Crippen LogP contribution in [0, 0.1) is 18.2 Å². The van der Waals surface area contributed by atoms with Crippen LogP contribution in [0.2, 0.25) is 0 Å². The van der Waals surface area contributed by atoms with Gasteiger partial charge in [-0.05, 0) is 19.1 Å². The Morgan fingerprint density at radius 3 is 2.92 bits per heavy atom. The summed E-state index contributed by atoms with van der Waals surface area (Å²) in [6.07, 6.45) is 6.38.